The fourth-order valence-electron chi connectivity index (χ4n) is 3.40. The second kappa shape index (κ2) is 6.29. The van der Waals surface area contributed by atoms with E-state index in [0.717, 1.165) is 31.9 Å². The number of rotatable bonds is 2. The van der Waals surface area contributed by atoms with Gasteiger partial charge in [0.25, 0.3) is 0 Å². The largest absolute Gasteiger partial charge is 0.368 e. The van der Waals surface area contributed by atoms with Crippen molar-refractivity contribution in [1.29, 1.82) is 0 Å². The summed E-state index contributed by atoms with van der Waals surface area (Å²) >= 11 is 0. The number of benzene rings is 1. The number of amides is 3. The summed E-state index contributed by atoms with van der Waals surface area (Å²) in [5, 5.41) is 6.59. The number of hydrogen-bond acceptors (Lipinski definition) is 5. The first-order valence-electron chi connectivity index (χ1n) is 8.28. The van der Waals surface area contributed by atoms with E-state index in [1.54, 1.807) is 12.3 Å². The zero-order valence-electron chi connectivity index (χ0n) is 13.6. The van der Waals surface area contributed by atoms with Crippen molar-refractivity contribution in [2.75, 3.05) is 42.5 Å². The first kappa shape index (κ1) is 15.8. The molecule has 0 atom stereocenters. The van der Waals surface area contributed by atoms with E-state index in [0.29, 0.717) is 16.5 Å². The van der Waals surface area contributed by atoms with E-state index in [1.165, 1.54) is 17.2 Å². The Balaban J connectivity index is 1.83. The molecular formula is C17H18FN5O2. The summed E-state index contributed by atoms with van der Waals surface area (Å²) in [4.78, 5) is 31.3. The molecular weight excluding hydrogens is 325 g/mol. The molecule has 0 unspecified atom stereocenters. The Bertz CT molecular complexity index is 850. The van der Waals surface area contributed by atoms with Crippen molar-refractivity contribution >= 4 is 34.1 Å². The van der Waals surface area contributed by atoms with Gasteiger partial charge in [-0.25, -0.2) is 9.18 Å². The predicted octanol–water partition coefficient (Wildman–Crippen LogP) is 1.23. The first-order chi connectivity index (χ1) is 12.1. The highest BCUT2D eigenvalue weighted by atomic mass is 19.1. The molecule has 2 aromatic rings. The molecule has 2 saturated heterocycles. The van der Waals surface area contributed by atoms with Gasteiger partial charge >= 0.3 is 6.03 Å². The Labute approximate surface area is 143 Å². The molecule has 0 spiro atoms. The third-order valence-electron chi connectivity index (χ3n) is 4.63. The number of pyridine rings is 1. The molecule has 2 fully saturated rings. The van der Waals surface area contributed by atoms with Crippen LogP contribution in [0.15, 0.2) is 24.5 Å². The molecule has 7 nitrogen and oxygen atoms in total. The van der Waals surface area contributed by atoms with E-state index in [-0.39, 0.29) is 18.9 Å². The van der Waals surface area contributed by atoms with Crippen LogP contribution in [0.25, 0.3) is 10.8 Å². The normalized spacial score (nSPS) is 18.6. The summed E-state index contributed by atoms with van der Waals surface area (Å²) in [6, 6.07) is 2.64. The van der Waals surface area contributed by atoms with Gasteiger partial charge in [-0.1, -0.05) is 0 Å². The molecule has 2 N–H and O–H groups in total. The highest BCUT2D eigenvalue weighted by Crippen LogP contribution is 2.35. The molecule has 0 saturated carbocycles. The molecule has 2 aliphatic rings. The second-order valence-corrected chi connectivity index (χ2v) is 6.14. The van der Waals surface area contributed by atoms with E-state index in [9.17, 15) is 14.0 Å². The summed E-state index contributed by atoms with van der Waals surface area (Å²) in [7, 11) is 0. The zero-order valence-corrected chi connectivity index (χ0v) is 13.6. The number of carbonyl (C=O) groups is 2. The quantitative estimate of drug-likeness (QED) is 0.858. The van der Waals surface area contributed by atoms with E-state index >= 15 is 0 Å². The Morgan fingerprint density at radius 3 is 2.60 bits per heavy atom. The van der Waals surface area contributed by atoms with Crippen LogP contribution < -0.4 is 20.4 Å². The highest BCUT2D eigenvalue weighted by Gasteiger charge is 2.27. The lowest BCUT2D eigenvalue weighted by Crippen LogP contribution is -2.49. The summed E-state index contributed by atoms with van der Waals surface area (Å²) < 4.78 is 14.7. The van der Waals surface area contributed by atoms with Gasteiger partial charge in [-0.3, -0.25) is 20.0 Å². The minimum Gasteiger partial charge on any atom is -0.368 e. The van der Waals surface area contributed by atoms with E-state index in [4.69, 9.17) is 0 Å². The molecule has 1 aromatic heterocycles. The average Bonchev–Trinajstić information content (AvgIpc) is 2.62. The van der Waals surface area contributed by atoms with Crippen LogP contribution in [0.3, 0.4) is 0 Å². The maximum Gasteiger partial charge on any atom is 0.328 e. The van der Waals surface area contributed by atoms with Crippen LogP contribution in [-0.4, -0.2) is 49.6 Å². The molecule has 3 heterocycles. The Morgan fingerprint density at radius 1 is 1.04 bits per heavy atom. The van der Waals surface area contributed by atoms with Gasteiger partial charge < -0.3 is 10.2 Å². The van der Waals surface area contributed by atoms with Crippen LogP contribution >= 0.6 is 0 Å². The number of carbonyl (C=O) groups excluding carboxylic acids is 2. The number of piperazine rings is 1. The molecule has 2 aliphatic heterocycles. The third kappa shape index (κ3) is 2.78. The summed E-state index contributed by atoms with van der Waals surface area (Å²) in [6.07, 6.45) is 3.29. The van der Waals surface area contributed by atoms with Crippen LogP contribution in [0.2, 0.25) is 0 Å². The van der Waals surface area contributed by atoms with Gasteiger partial charge in [-0.2, -0.15) is 0 Å². The van der Waals surface area contributed by atoms with Crippen LogP contribution in [0, 0.1) is 5.82 Å². The zero-order chi connectivity index (χ0) is 17.4. The molecule has 3 amide bonds. The average molecular weight is 343 g/mol. The molecule has 25 heavy (non-hydrogen) atoms. The molecule has 1 aromatic carbocycles. The maximum absolute atomic E-state index is 14.7. The van der Waals surface area contributed by atoms with Gasteiger partial charge in [0.2, 0.25) is 5.91 Å². The van der Waals surface area contributed by atoms with Crippen molar-refractivity contribution in [1.82, 2.24) is 15.6 Å². The Kier molecular flexibility index (Phi) is 3.96. The summed E-state index contributed by atoms with van der Waals surface area (Å²) in [5.74, 6) is -0.729. The number of hydrogen-bond donors (Lipinski definition) is 2. The third-order valence-corrected chi connectivity index (χ3v) is 4.63. The van der Waals surface area contributed by atoms with Crippen molar-refractivity contribution < 1.29 is 14.0 Å². The van der Waals surface area contributed by atoms with Gasteiger partial charge in [0, 0.05) is 61.8 Å². The van der Waals surface area contributed by atoms with Gasteiger partial charge in [0.1, 0.15) is 5.82 Å². The van der Waals surface area contributed by atoms with Crippen molar-refractivity contribution in [2.24, 2.45) is 0 Å². The van der Waals surface area contributed by atoms with Gasteiger partial charge in [-0.05, 0) is 12.1 Å². The fraction of sp³-hybridized carbons (Fsp3) is 0.353. The van der Waals surface area contributed by atoms with Crippen LogP contribution in [-0.2, 0) is 4.79 Å². The molecule has 0 bridgehead atoms. The SMILES string of the molecule is O=C1CCN(c2cncc3c(N4CCNCC4)ccc(F)c23)C(=O)N1. The lowest BCUT2D eigenvalue weighted by molar-refractivity contribution is -0.120. The minimum atomic E-state index is -0.544. The standard InChI is InChI=1S/C17H18FN5O2/c18-12-1-2-13(22-7-4-19-5-8-22)11-9-20-10-14(16(11)12)23-6-3-15(24)21-17(23)25/h1-2,9-10,19H,3-8H2,(H,21,24,25). The van der Waals surface area contributed by atoms with Crippen molar-refractivity contribution in [3.05, 3.63) is 30.3 Å². The number of imide groups is 1. The van der Waals surface area contributed by atoms with Crippen LogP contribution in [0.4, 0.5) is 20.6 Å². The minimum absolute atomic E-state index is 0.182. The number of nitrogens with zero attached hydrogens (tertiary/aromatic N) is 3. The molecule has 4 rings (SSSR count). The monoisotopic (exact) mass is 343 g/mol. The molecule has 130 valence electrons. The molecule has 0 aliphatic carbocycles. The number of urea groups is 1. The molecule has 0 radical (unpaired) electrons. The van der Waals surface area contributed by atoms with Gasteiger partial charge in [0.15, 0.2) is 0 Å². The fourth-order valence-corrected chi connectivity index (χ4v) is 3.40. The lowest BCUT2D eigenvalue weighted by atomic mass is 10.1. The Hall–Kier alpha value is -2.74. The van der Waals surface area contributed by atoms with Crippen LogP contribution in [0.5, 0.6) is 0 Å². The lowest BCUT2D eigenvalue weighted by Gasteiger charge is -2.31. The van der Waals surface area contributed by atoms with Gasteiger partial charge in [-0.15, -0.1) is 0 Å². The maximum atomic E-state index is 14.7. The van der Waals surface area contributed by atoms with E-state index < -0.39 is 11.8 Å². The second-order valence-electron chi connectivity index (χ2n) is 6.14. The smallest absolute Gasteiger partial charge is 0.328 e. The number of aromatic nitrogens is 1. The predicted molar refractivity (Wildman–Crippen MR) is 92.3 cm³/mol. The number of anilines is 2. The number of nitrogens with one attached hydrogen (secondary N) is 2. The van der Waals surface area contributed by atoms with Crippen molar-refractivity contribution in [3.63, 3.8) is 0 Å². The topological polar surface area (TPSA) is 77.6 Å². The highest BCUT2D eigenvalue weighted by molar-refractivity contribution is 6.11. The number of halogens is 1. The molecule has 8 heteroatoms. The van der Waals surface area contributed by atoms with E-state index in [2.05, 4.69) is 20.5 Å². The summed E-state index contributed by atoms with van der Waals surface area (Å²) in [6.45, 7) is 3.58. The van der Waals surface area contributed by atoms with Crippen LogP contribution in [0.1, 0.15) is 6.42 Å². The van der Waals surface area contributed by atoms with Crippen molar-refractivity contribution in [2.45, 2.75) is 6.42 Å². The van der Waals surface area contributed by atoms with E-state index in [1.807, 2.05) is 0 Å². The number of fused-ring (bicyclic) bond motifs is 1. The van der Waals surface area contributed by atoms with Crippen molar-refractivity contribution in [3.8, 4) is 0 Å². The summed E-state index contributed by atoms with van der Waals surface area (Å²) in [5.41, 5.74) is 1.29. The first-order valence-corrected chi connectivity index (χ1v) is 8.28. The Morgan fingerprint density at radius 2 is 1.84 bits per heavy atom. The van der Waals surface area contributed by atoms with Gasteiger partial charge in [0.05, 0.1) is 11.9 Å².